The number of carbonyl (C=O) groups is 1. The van der Waals surface area contributed by atoms with Gasteiger partial charge in [-0.25, -0.2) is 4.39 Å². The van der Waals surface area contributed by atoms with Crippen LogP contribution in [0.3, 0.4) is 0 Å². The maximum Gasteiger partial charge on any atom is 0.198 e. The second kappa shape index (κ2) is 5.04. The van der Waals surface area contributed by atoms with Crippen LogP contribution in [0.5, 0.6) is 0 Å². The van der Waals surface area contributed by atoms with Gasteiger partial charge in [-0.2, -0.15) is 0 Å². The van der Waals surface area contributed by atoms with Gasteiger partial charge in [-0.3, -0.25) is 4.79 Å². The Hall–Kier alpha value is -1.65. The zero-order valence-electron chi connectivity index (χ0n) is 10.1. The number of halogens is 3. The molecule has 2 aromatic carbocycles. The summed E-state index contributed by atoms with van der Waals surface area (Å²) < 4.78 is 14.7. The van der Waals surface area contributed by atoms with E-state index in [0.29, 0.717) is 5.56 Å². The molecule has 100 valence electrons. The first kappa shape index (κ1) is 13.3. The van der Waals surface area contributed by atoms with E-state index in [0.717, 1.165) is 21.4 Å². The molecule has 0 saturated carbocycles. The molecule has 0 saturated heterocycles. The number of hydrogen-bond acceptors (Lipinski definition) is 1. The van der Waals surface area contributed by atoms with E-state index in [1.807, 2.05) is 18.2 Å². The maximum absolute atomic E-state index is 13.8. The summed E-state index contributed by atoms with van der Waals surface area (Å²) in [5.74, 6) is -0.985. The summed E-state index contributed by atoms with van der Waals surface area (Å²) in [5, 5.41) is 1.02. The molecule has 0 spiro atoms. The van der Waals surface area contributed by atoms with E-state index in [1.165, 1.54) is 12.1 Å². The van der Waals surface area contributed by atoms with Crippen molar-refractivity contribution in [2.75, 3.05) is 0 Å². The number of nitrogens with one attached hydrogen (secondary N) is 1. The second-order valence-corrected chi connectivity index (χ2v) is 5.70. The van der Waals surface area contributed by atoms with E-state index >= 15 is 0 Å². The summed E-state index contributed by atoms with van der Waals surface area (Å²) in [5.41, 5.74) is 1.27. The Morgan fingerprint density at radius 2 is 1.95 bits per heavy atom. The van der Waals surface area contributed by atoms with Gasteiger partial charge >= 0.3 is 0 Å². The van der Waals surface area contributed by atoms with Crippen LogP contribution in [0.1, 0.15) is 15.9 Å². The number of rotatable bonds is 2. The lowest BCUT2D eigenvalue weighted by Crippen LogP contribution is -2.03. The zero-order chi connectivity index (χ0) is 14.3. The van der Waals surface area contributed by atoms with Gasteiger partial charge in [-0.1, -0.05) is 33.6 Å². The lowest BCUT2D eigenvalue weighted by molar-refractivity contribution is 0.103. The van der Waals surface area contributed by atoms with Gasteiger partial charge in [0.2, 0.25) is 0 Å². The normalized spacial score (nSPS) is 10.9. The number of aromatic amines is 1. The van der Waals surface area contributed by atoms with E-state index < -0.39 is 5.82 Å². The quantitative estimate of drug-likeness (QED) is 0.650. The number of fused-ring (bicyclic) bond motifs is 1. The Morgan fingerprint density at radius 3 is 2.70 bits per heavy atom. The van der Waals surface area contributed by atoms with Crippen molar-refractivity contribution in [3.05, 3.63) is 69.0 Å². The maximum atomic E-state index is 13.8. The highest BCUT2D eigenvalue weighted by Crippen LogP contribution is 2.25. The third kappa shape index (κ3) is 2.25. The number of hydrogen-bond donors (Lipinski definition) is 1. The van der Waals surface area contributed by atoms with Crippen molar-refractivity contribution < 1.29 is 9.18 Å². The SMILES string of the molecule is O=C(c1ccc(Cl)cc1F)c1c[nH]c2cc(Br)ccc12. The minimum absolute atomic E-state index is 0.0122. The van der Waals surface area contributed by atoms with Crippen LogP contribution in [0.15, 0.2) is 47.1 Å². The summed E-state index contributed by atoms with van der Waals surface area (Å²) in [7, 11) is 0. The van der Waals surface area contributed by atoms with Gasteiger partial charge in [0.25, 0.3) is 0 Å². The molecule has 5 heteroatoms. The molecule has 3 aromatic rings. The number of aromatic nitrogens is 1. The highest BCUT2D eigenvalue weighted by Gasteiger charge is 2.17. The molecule has 0 aliphatic carbocycles. The van der Waals surface area contributed by atoms with Crippen LogP contribution in [-0.4, -0.2) is 10.8 Å². The first-order valence-electron chi connectivity index (χ1n) is 5.82. The molecule has 0 aliphatic rings. The second-order valence-electron chi connectivity index (χ2n) is 4.35. The first-order valence-corrected chi connectivity index (χ1v) is 7.00. The van der Waals surface area contributed by atoms with E-state index in [4.69, 9.17) is 11.6 Å². The Bertz CT molecular complexity index is 828. The summed E-state index contributed by atoms with van der Waals surface area (Å²) in [4.78, 5) is 15.4. The molecular formula is C15H8BrClFNO. The fourth-order valence-electron chi connectivity index (χ4n) is 2.10. The van der Waals surface area contributed by atoms with E-state index in [1.54, 1.807) is 6.20 Å². The van der Waals surface area contributed by atoms with Crippen LogP contribution in [0, 0.1) is 5.82 Å². The van der Waals surface area contributed by atoms with Crippen LogP contribution in [0.25, 0.3) is 10.9 Å². The Morgan fingerprint density at radius 1 is 1.15 bits per heavy atom. The third-order valence-corrected chi connectivity index (χ3v) is 3.79. The van der Waals surface area contributed by atoms with Crippen LogP contribution in [0.2, 0.25) is 5.02 Å². The summed E-state index contributed by atoms with van der Waals surface area (Å²) in [6.07, 6.45) is 1.59. The fraction of sp³-hybridized carbons (Fsp3) is 0. The monoisotopic (exact) mass is 351 g/mol. The lowest BCUT2D eigenvalue weighted by atomic mass is 10.0. The van der Waals surface area contributed by atoms with Gasteiger partial charge in [0.15, 0.2) is 5.78 Å². The predicted octanol–water partition coefficient (Wildman–Crippen LogP) is 4.95. The van der Waals surface area contributed by atoms with Gasteiger partial charge < -0.3 is 4.98 Å². The fourth-order valence-corrected chi connectivity index (χ4v) is 2.62. The summed E-state index contributed by atoms with van der Waals surface area (Å²) in [6, 6.07) is 9.56. The average molecular weight is 353 g/mol. The molecule has 0 amide bonds. The molecule has 0 fully saturated rings. The molecular weight excluding hydrogens is 345 g/mol. The minimum Gasteiger partial charge on any atom is -0.360 e. The smallest absolute Gasteiger partial charge is 0.198 e. The van der Waals surface area contributed by atoms with E-state index in [2.05, 4.69) is 20.9 Å². The minimum atomic E-state index is -0.617. The zero-order valence-corrected chi connectivity index (χ0v) is 12.4. The van der Waals surface area contributed by atoms with Crippen molar-refractivity contribution in [1.29, 1.82) is 0 Å². The number of H-pyrrole nitrogens is 1. The van der Waals surface area contributed by atoms with Gasteiger partial charge in [0.1, 0.15) is 5.82 Å². The molecule has 0 bridgehead atoms. The molecule has 1 aromatic heterocycles. The first-order chi connectivity index (χ1) is 9.56. The third-order valence-electron chi connectivity index (χ3n) is 3.06. The van der Waals surface area contributed by atoms with Gasteiger partial charge in [-0.15, -0.1) is 0 Å². The molecule has 0 atom stereocenters. The van der Waals surface area contributed by atoms with Gasteiger partial charge in [-0.05, 0) is 30.3 Å². The average Bonchev–Trinajstić information content (AvgIpc) is 2.80. The van der Waals surface area contributed by atoms with Gasteiger partial charge in [0.05, 0.1) is 5.56 Å². The number of carbonyl (C=O) groups excluding carboxylic acids is 1. The molecule has 20 heavy (non-hydrogen) atoms. The largest absolute Gasteiger partial charge is 0.360 e. The molecule has 1 N–H and O–H groups in total. The Balaban J connectivity index is 2.13. The van der Waals surface area contributed by atoms with Crippen molar-refractivity contribution in [2.45, 2.75) is 0 Å². The van der Waals surface area contributed by atoms with E-state index in [9.17, 15) is 9.18 Å². The van der Waals surface area contributed by atoms with Crippen LogP contribution in [-0.2, 0) is 0 Å². The Labute approximate surface area is 127 Å². The molecule has 3 rings (SSSR count). The van der Waals surface area contributed by atoms with Crippen LogP contribution < -0.4 is 0 Å². The lowest BCUT2D eigenvalue weighted by Gasteiger charge is -2.02. The van der Waals surface area contributed by atoms with E-state index in [-0.39, 0.29) is 16.4 Å². The standard InChI is InChI=1S/C15H8BrClFNO/c16-8-1-3-10-12(7-19-14(10)5-8)15(20)11-4-2-9(17)6-13(11)18/h1-7,19H. The molecule has 0 radical (unpaired) electrons. The number of benzene rings is 2. The van der Waals surface area contributed by atoms with Crippen LogP contribution in [0.4, 0.5) is 4.39 Å². The highest BCUT2D eigenvalue weighted by atomic mass is 79.9. The Kier molecular flexibility index (Phi) is 3.36. The van der Waals surface area contributed by atoms with Gasteiger partial charge in [0, 0.05) is 32.2 Å². The molecule has 0 aliphatic heterocycles. The molecule has 0 unspecified atom stereocenters. The highest BCUT2D eigenvalue weighted by molar-refractivity contribution is 9.10. The summed E-state index contributed by atoms with van der Waals surface area (Å²) >= 11 is 9.06. The van der Waals surface area contributed by atoms with Crippen molar-refractivity contribution in [2.24, 2.45) is 0 Å². The topological polar surface area (TPSA) is 32.9 Å². The number of ketones is 1. The van der Waals surface area contributed by atoms with Crippen molar-refractivity contribution in [3.63, 3.8) is 0 Å². The van der Waals surface area contributed by atoms with Crippen molar-refractivity contribution >= 4 is 44.2 Å². The molecule has 1 heterocycles. The van der Waals surface area contributed by atoms with Crippen LogP contribution >= 0.6 is 27.5 Å². The van der Waals surface area contributed by atoms with Crippen molar-refractivity contribution in [1.82, 2.24) is 4.98 Å². The predicted molar refractivity (Wildman–Crippen MR) is 80.8 cm³/mol. The molecule has 2 nitrogen and oxygen atoms in total. The summed E-state index contributed by atoms with van der Waals surface area (Å²) in [6.45, 7) is 0. The van der Waals surface area contributed by atoms with Crippen molar-refractivity contribution in [3.8, 4) is 0 Å².